The predicted molar refractivity (Wildman–Crippen MR) is 120 cm³/mol. The van der Waals surface area contributed by atoms with E-state index in [1.165, 1.54) is 0 Å². The molecule has 0 saturated heterocycles. The third kappa shape index (κ3) is 3.58. The molecule has 0 radical (unpaired) electrons. The third-order valence-electron chi connectivity index (χ3n) is 5.48. The summed E-state index contributed by atoms with van der Waals surface area (Å²) in [6.45, 7) is 2.63. The average Bonchev–Trinajstić information content (AvgIpc) is 3.13. The summed E-state index contributed by atoms with van der Waals surface area (Å²) < 4.78 is 8.92. The number of nitrogens with one attached hydrogen (secondary N) is 1. The zero-order chi connectivity index (χ0) is 20.7. The summed E-state index contributed by atoms with van der Waals surface area (Å²) in [6, 6.07) is 24.0. The molecule has 2 N–H and O–H groups in total. The fourth-order valence-corrected chi connectivity index (χ4v) is 3.88. The van der Waals surface area contributed by atoms with E-state index in [9.17, 15) is 4.79 Å². The van der Waals surface area contributed by atoms with Crippen LogP contribution in [0.3, 0.4) is 0 Å². The van der Waals surface area contributed by atoms with Crippen molar-refractivity contribution in [1.29, 1.82) is 0 Å². The van der Waals surface area contributed by atoms with Crippen LogP contribution in [0.4, 0.5) is 0 Å². The van der Waals surface area contributed by atoms with E-state index in [1.54, 1.807) is 11.8 Å². The van der Waals surface area contributed by atoms with Gasteiger partial charge in [-0.3, -0.25) is 9.89 Å². The van der Waals surface area contributed by atoms with Gasteiger partial charge in [0.2, 0.25) is 0 Å². The van der Waals surface area contributed by atoms with E-state index in [0.717, 1.165) is 38.9 Å². The molecule has 0 aliphatic heterocycles. The minimum atomic E-state index is -0.0619. The number of H-pyrrole nitrogens is 1. The topological polar surface area (TPSA) is 80.9 Å². The normalized spacial score (nSPS) is 10.9. The smallest absolute Gasteiger partial charge is 0.344 e. The molecule has 5 aromatic rings. The van der Waals surface area contributed by atoms with Crippen molar-refractivity contribution in [3.05, 3.63) is 100 Å². The third-order valence-corrected chi connectivity index (χ3v) is 5.48. The summed E-state index contributed by atoms with van der Waals surface area (Å²) in [6.07, 6.45) is 2.05. The van der Waals surface area contributed by atoms with E-state index < -0.39 is 0 Å². The van der Waals surface area contributed by atoms with Gasteiger partial charge in [-0.1, -0.05) is 35.9 Å². The van der Waals surface area contributed by atoms with Crippen LogP contribution < -0.4 is 14.9 Å². The monoisotopic (exact) mass is 413 g/mol. The predicted octanol–water partition coefficient (Wildman–Crippen LogP) is 3.95. The minimum absolute atomic E-state index is 0. The number of rotatable bonds is 4. The molecule has 0 saturated carbocycles. The van der Waals surface area contributed by atoms with E-state index in [4.69, 9.17) is 4.74 Å². The SMILES string of the molecule is COc1ccc(C[n+]2cc3ccccc3c3[nH]n(-c4ccc(C)cc4)c(=O)c32)cc1.[OH-]. The Morgan fingerprint density at radius 1 is 0.968 bits per heavy atom. The van der Waals surface area contributed by atoms with Crippen molar-refractivity contribution in [3.63, 3.8) is 0 Å². The minimum Gasteiger partial charge on any atom is -0.870 e. The molecule has 0 fully saturated rings. The lowest BCUT2D eigenvalue weighted by Crippen LogP contribution is -2.38. The molecule has 2 heterocycles. The standard InChI is InChI=1S/C25H21N3O2.H2O/c1-17-7-11-20(12-8-17)28-25(29)24-23(26-28)22-6-4-3-5-19(22)16-27(24)15-18-9-13-21(30-2)14-10-18;/h3-14,16H,15H2,1-2H3;1H2. The van der Waals surface area contributed by atoms with Gasteiger partial charge in [0.05, 0.1) is 12.8 Å². The van der Waals surface area contributed by atoms with Crippen LogP contribution in [0.2, 0.25) is 0 Å². The van der Waals surface area contributed by atoms with Crippen LogP contribution >= 0.6 is 0 Å². The molecule has 0 spiro atoms. The first kappa shape index (κ1) is 20.4. The summed E-state index contributed by atoms with van der Waals surface area (Å²) in [5.41, 5.74) is 4.51. The van der Waals surface area contributed by atoms with Gasteiger partial charge in [0.15, 0.2) is 12.7 Å². The Kier molecular flexibility index (Phi) is 5.31. The van der Waals surface area contributed by atoms with E-state index in [1.807, 2.05) is 78.2 Å². The molecule has 0 bridgehead atoms. The second kappa shape index (κ2) is 8.08. The Bertz CT molecular complexity index is 1420. The van der Waals surface area contributed by atoms with E-state index in [-0.39, 0.29) is 11.0 Å². The second-order valence-corrected chi connectivity index (χ2v) is 7.50. The van der Waals surface area contributed by atoms with Gasteiger partial charge < -0.3 is 10.2 Å². The van der Waals surface area contributed by atoms with Crippen molar-refractivity contribution >= 4 is 21.8 Å². The molecule has 2 aromatic heterocycles. The number of aromatic nitrogens is 3. The number of benzene rings is 3. The number of methoxy groups -OCH3 is 1. The zero-order valence-electron chi connectivity index (χ0n) is 17.4. The van der Waals surface area contributed by atoms with E-state index in [2.05, 4.69) is 17.4 Å². The highest BCUT2D eigenvalue weighted by molar-refractivity contribution is 6.01. The molecule has 156 valence electrons. The van der Waals surface area contributed by atoms with Crippen LogP contribution in [0.5, 0.6) is 5.75 Å². The average molecular weight is 413 g/mol. The lowest BCUT2D eigenvalue weighted by Gasteiger charge is -2.03. The van der Waals surface area contributed by atoms with Crippen molar-refractivity contribution in [1.82, 2.24) is 9.78 Å². The summed E-state index contributed by atoms with van der Waals surface area (Å²) in [7, 11) is 1.66. The van der Waals surface area contributed by atoms with Gasteiger partial charge in [-0.05, 0) is 49.4 Å². The number of pyridine rings is 1. The molecule has 31 heavy (non-hydrogen) atoms. The second-order valence-electron chi connectivity index (χ2n) is 7.50. The molecule has 0 unspecified atom stereocenters. The summed E-state index contributed by atoms with van der Waals surface area (Å²) in [5.74, 6) is 0.816. The first-order valence-corrected chi connectivity index (χ1v) is 9.90. The summed E-state index contributed by atoms with van der Waals surface area (Å²) in [5, 5.41) is 5.46. The van der Waals surface area contributed by atoms with Crippen LogP contribution in [-0.2, 0) is 6.54 Å². The van der Waals surface area contributed by atoms with Gasteiger partial charge in [0, 0.05) is 16.3 Å². The number of hydrogen-bond donors (Lipinski definition) is 1. The Hall–Kier alpha value is -3.90. The molecule has 0 atom stereocenters. The molecule has 0 aliphatic rings. The van der Waals surface area contributed by atoms with Gasteiger partial charge in [-0.2, -0.15) is 4.57 Å². The molecule has 0 amide bonds. The highest BCUT2D eigenvalue weighted by Crippen LogP contribution is 2.21. The van der Waals surface area contributed by atoms with E-state index >= 15 is 0 Å². The molecule has 0 aliphatic carbocycles. The Morgan fingerprint density at radius 3 is 2.39 bits per heavy atom. The van der Waals surface area contributed by atoms with Crippen LogP contribution in [0.25, 0.3) is 27.5 Å². The van der Waals surface area contributed by atoms with Gasteiger partial charge in [-0.15, -0.1) is 0 Å². The van der Waals surface area contributed by atoms with Crippen molar-refractivity contribution in [3.8, 4) is 11.4 Å². The summed E-state index contributed by atoms with van der Waals surface area (Å²) >= 11 is 0. The van der Waals surface area contributed by atoms with E-state index in [0.29, 0.717) is 12.1 Å². The van der Waals surface area contributed by atoms with Crippen molar-refractivity contribution < 1.29 is 14.8 Å². The number of aromatic amines is 1. The molecular weight excluding hydrogens is 390 g/mol. The number of fused-ring (bicyclic) bond motifs is 3. The van der Waals surface area contributed by atoms with Gasteiger partial charge >= 0.3 is 5.56 Å². The molecule has 3 aromatic carbocycles. The fraction of sp³-hybridized carbons (Fsp3) is 0.120. The number of nitrogens with zero attached hydrogens (tertiary/aromatic N) is 2. The van der Waals surface area contributed by atoms with Crippen molar-refractivity contribution in [2.75, 3.05) is 7.11 Å². The van der Waals surface area contributed by atoms with Crippen LogP contribution in [-0.4, -0.2) is 22.4 Å². The molecular formula is C25H23N3O3. The lowest BCUT2D eigenvalue weighted by atomic mass is 10.1. The van der Waals surface area contributed by atoms with Crippen LogP contribution in [0.1, 0.15) is 11.1 Å². The lowest BCUT2D eigenvalue weighted by molar-refractivity contribution is -0.661. The quantitative estimate of drug-likeness (QED) is 0.453. The molecule has 6 heteroatoms. The highest BCUT2D eigenvalue weighted by Gasteiger charge is 2.22. The Balaban J connectivity index is 0.00000231. The maximum atomic E-state index is 13.5. The van der Waals surface area contributed by atoms with Crippen LogP contribution in [0.15, 0.2) is 83.8 Å². The van der Waals surface area contributed by atoms with Gasteiger partial charge in [0.1, 0.15) is 11.3 Å². The maximum Gasteiger partial charge on any atom is 0.344 e. The summed E-state index contributed by atoms with van der Waals surface area (Å²) in [4.78, 5) is 13.5. The zero-order valence-corrected chi connectivity index (χ0v) is 17.4. The fourth-order valence-electron chi connectivity index (χ4n) is 3.88. The van der Waals surface area contributed by atoms with Gasteiger partial charge in [0.25, 0.3) is 5.52 Å². The first-order chi connectivity index (χ1) is 14.6. The van der Waals surface area contributed by atoms with Crippen LogP contribution in [0, 0.1) is 6.92 Å². The maximum absolute atomic E-state index is 13.5. The van der Waals surface area contributed by atoms with Crippen molar-refractivity contribution in [2.45, 2.75) is 13.5 Å². The Morgan fingerprint density at radius 2 is 1.68 bits per heavy atom. The molecule has 5 rings (SSSR count). The number of aryl methyl sites for hydroxylation is 1. The highest BCUT2D eigenvalue weighted by atomic mass is 16.5. The Labute approximate surface area is 179 Å². The molecule has 6 nitrogen and oxygen atoms in total. The number of hydrogen-bond acceptors (Lipinski definition) is 3. The number of ether oxygens (including phenoxy) is 1. The van der Waals surface area contributed by atoms with Gasteiger partial charge in [-0.25, -0.2) is 4.68 Å². The first-order valence-electron chi connectivity index (χ1n) is 9.90. The largest absolute Gasteiger partial charge is 0.870 e. The van der Waals surface area contributed by atoms with Crippen molar-refractivity contribution in [2.24, 2.45) is 0 Å².